The molecule has 2 aliphatic heterocycles. The number of ether oxygens (including phenoxy) is 6. The van der Waals surface area contributed by atoms with Crippen LogP contribution in [0.2, 0.25) is 0 Å². The lowest BCUT2D eigenvalue weighted by molar-refractivity contribution is -0.138. The van der Waals surface area contributed by atoms with Crippen LogP contribution in [0.5, 0.6) is 46.0 Å². The van der Waals surface area contributed by atoms with Crippen molar-refractivity contribution < 1.29 is 72.3 Å². The van der Waals surface area contributed by atoms with Crippen molar-refractivity contribution >= 4 is 0 Å². The van der Waals surface area contributed by atoms with Gasteiger partial charge in [-0.3, -0.25) is 0 Å². The molecule has 21 heteroatoms. The van der Waals surface area contributed by atoms with Gasteiger partial charge in [-0.15, -0.1) is 10.2 Å². The van der Waals surface area contributed by atoms with E-state index in [-0.39, 0.29) is 58.9 Å². The Hall–Kier alpha value is -6.46. The third-order valence-corrected chi connectivity index (χ3v) is 9.36. The number of H-pyrrole nitrogens is 1. The summed E-state index contributed by atoms with van der Waals surface area (Å²) in [5, 5.41) is 22.8. The topological polar surface area (TPSA) is 134 Å². The number of alkyl halides is 10. The van der Waals surface area contributed by atoms with Crippen LogP contribution in [0.4, 0.5) is 43.9 Å². The Morgan fingerprint density at radius 3 is 1.60 bits per heavy atom. The number of benzene rings is 4. The van der Waals surface area contributed by atoms with Gasteiger partial charge in [0.1, 0.15) is 35.2 Å². The highest BCUT2D eigenvalue weighted by molar-refractivity contribution is 5.56. The smallest absolute Gasteiger partial charge is 0.416 e. The summed E-state index contributed by atoms with van der Waals surface area (Å²) in [6.07, 6.45) is -9.77. The van der Waals surface area contributed by atoms with Gasteiger partial charge in [0.05, 0.1) is 29.0 Å². The fourth-order valence-corrected chi connectivity index (χ4v) is 6.74. The highest BCUT2D eigenvalue weighted by atomic mass is 19.4. The molecule has 9 rings (SSSR count). The van der Waals surface area contributed by atoms with Gasteiger partial charge < -0.3 is 28.4 Å². The van der Waals surface area contributed by atoms with Crippen LogP contribution in [0.15, 0.2) is 72.8 Å². The SMILES string of the molecule is FC(F)Oc1cc(C(F)(F)F)ccc1Oc1ccc2c(c1)O[C@H]1[C@H](c3nn[nH]n3)[C@@H]21.N#C[C@H]1[C@@H]2Oc3cc(Oc4ccc(C(F)(F)F)cc4OC(F)F)ccc3[C@H]12. The van der Waals surface area contributed by atoms with Gasteiger partial charge in [-0.1, -0.05) is 17.3 Å². The van der Waals surface area contributed by atoms with Crippen LogP contribution in [-0.4, -0.2) is 46.1 Å². The van der Waals surface area contributed by atoms with Crippen molar-refractivity contribution in [2.75, 3.05) is 0 Å². The van der Waals surface area contributed by atoms with Crippen LogP contribution in [-0.2, 0) is 12.4 Å². The van der Waals surface area contributed by atoms with E-state index in [9.17, 15) is 43.9 Å². The van der Waals surface area contributed by atoms with E-state index in [4.69, 9.17) is 24.2 Å². The molecule has 2 saturated carbocycles. The molecule has 0 unspecified atom stereocenters. The van der Waals surface area contributed by atoms with Gasteiger partial charge in [0.25, 0.3) is 0 Å². The first-order valence-corrected chi connectivity index (χ1v) is 16.5. The lowest BCUT2D eigenvalue weighted by Crippen LogP contribution is -2.08. The van der Waals surface area contributed by atoms with E-state index in [1.54, 1.807) is 24.3 Å². The maximum atomic E-state index is 12.9. The standard InChI is InChI=1S/C18H11F5N4O3.C18H10F5NO3/c19-17(20)30-12-5-7(18(21,22)23)1-4-10(12)28-8-2-3-9-11(6-8)29-15-13(9)14(15)16-24-26-27-25-16;19-17(20)27-14-5-8(18(21,22)23)1-4-12(14)25-9-2-3-10-13(6-9)26-16-11(7-24)15(10)16/h1-6,13-15,17H,(H,24,25,26,27);1-6,11,15-17H/t13-,14-,15-;11-,15-,16+/m11/s1. The quantitative estimate of drug-likeness (QED) is 0.144. The van der Waals surface area contributed by atoms with Crippen LogP contribution in [0.3, 0.4) is 0 Å². The molecular weight excluding hydrogens is 788 g/mol. The average molecular weight is 810 g/mol. The summed E-state index contributed by atoms with van der Waals surface area (Å²) in [6, 6.07) is 15.9. The van der Waals surface area contributed by atoms with Crippen LogP contribution in [0, 0.1) is 17.2 Å². The number of hydrogen-bond acceptors (Lipinski definition) is 10. The van der Waals surface area contributed by atoms with E-state index in [2.05, 4.69) is 36.2 Å². The first kappa shape index (κ1) is 37.5. The van der Waals surface area contributed by atoms with Gasteiger partial charge in [0, 0.05) is 35.1 Å². The summed E-state index contributed by atoms with van der Waals surface area (Å²) in [6.45, 7) is -6.62. The number of hydrogen-bond donors (Lipinski definition) is 1. The molecule has 0 amide bonds. The van der Waals surface area contributed by atoms with Gasteiger partial charge >= 0.3 is 25.6 Å². The molecule has 0 saturated heterocycles. The third-order valence-electron chi connectivity index (χ3n) is 9.36. The number of fused-ring (bicyclic) bond motifs is 6. The molecule has 11 nitrogen and oxygen atoms in total. The molecule has 2 fully saturated rings. The lowest BCUT2D eigenvalue weighted by atomic mass is 10.1. The molecule has 3 heterocycles. The van der Waals surface area contributed by atoms with Gasteiger partial charge in [-0.05, 0) is 48.5 Å². The monoisotopic (exact) mass is 809 g/mol. The molecular formula is C36H21F10N5O6. The summed E-state index contributed by atoms with van der Waals surface area (Å²) in [5.74, 6) is -0.190. The zero-order valence-corrected chi connectivity index (χ0v) is 28.1. The van der Waals surface area contributed by atoms with Crippen LogP contribution >= 0.6 is 0 Å². The van der Waals surface area contributed by atoms with E-state index < -0.39 is 48.2 Å². The van der Waals surface area contributed by atoms with Crippen molar-refractivity contribution in [1.82, 2.24) is 20.6 Å². The molecule has 4 aliphatic rings. The van der Waals surface area contributed by atoms with Gasteiger partial charge in [0.15, 0.2) is 28.8 Å². The van der Waals surface area contributed by atoms with Crippen molar-refractivity contribution in [3.05, 3.63) is 101 Å². The second-order valence-corrected chi connectivity index (χ2v) is 12.8. The zero-order valence-electron chi connectivity index (χ0n) is 28.1. The van der Waals surface area contributed by atoms with E-state index in [0.29, 0.717) is 35.5 Å². The molecule has 1 N–H and O–H groups in total. The van der Waals surface area contributed by atoms with E-state index in [1.807, 2.05) is 0 Å². The number of nitrogens with zero attached hydrogens (tertiary/aromatic N) is 4. The Morgan fingerprint density at radius 1 is 0.632 bits per heavy atom. The second kappa shape index (κ2) is 13.9. The van der Waals surface area contributed by atoms with E-state index in [1.165, 1.54) is 12.1 Å². The summed E-state index contributed by atoms with van der Waals surface area (Å²) in [4.78, 5) is 0. The van der Waals surface area contributed by atoms with Crippen molar-refractivity contribution in [2.45, 2.75) is 55.5 Å². The Bertz CT molecular complexity index is 2350. The minimum atomic E-state index is -4.71. The number of nitrogens with one attached hydrogen (secondary N) is 1. The van der Waals surface area contributed by atoms with Crippen molar-refractivity contribution in [1.29, 1.82) is 5.26 Å². The molecule has 296 valence electrons. The molecule has 0 bridgehead atoms. The number of aromatic nitrogens is 4. The summed E-state index contributed by atoms with van der Waals surface area (Å²) in [5.41, 5.74) is -0.519. The normalized spacial score (nSPS) is 22.1. The fourth-order valence-electron chi connectivity index (χ4n) is 6.74. The number of tetrazole rings is 1. The maximum absolute atomic E-state index is 12.9. The van der Waals surface area contributed by atoms with Gasteiger partial charge in [-0.25, -0.2) is 0 Å². The summed E-state index contributed by atoms with van der Waals surface area (Å²) in [7, 11) is 0. The fraction of sp³-hybridized carbons (Fsp3) is 0.278. The molecule has 57 heavy (non-hydrogen) atoms. The molecule has 0 radical (unpaired) electrons. The minimum absolute atomic E-state index is 0.00264. The van der Waals surface area contributed by atoms with Crippen LogP contribution in [0.1, 0.15) is 45.8 Å². The largest absolute Gasteiger partial charge is 0.489 e. The Labute approximate surface area is 312 Å². The van der Waals surface area contributed by atoms with Crippen LogP contribution in [0.25, 0.3) is 0 Å². The first-order valence-electron chi connectivity index (χ1n) is 16.5. The lowest BCUT2D eigenvalue weighted by Gasteiger charge is -2.15. The number of halogens is 10. The number of rotatable bonds is 9. The predicted octanol–water partition coefficient (Wildman–Crippen LogP) is 9.35. The average Bonchev–Trinajstić information content (AvgIpc) is 3.71. The Kier molecular flexibility index (Phi) is 9.16. The predicted molar refractivity (Wildman–Crippen MR) is 170 cm³/mol. The Balaban J connectivity index is 0.000000161. The molecule has 1 aromatic heterocycles. The molecule has 0 spiro atoms. The van der Waals surface area contributed by atoms with Crippen LogP contribution < -0.4 is 28.4 Å². The second-order valence-electron chi connectivity index (χ2n) is 12.8. The van der Waals surface area contributed by atoms with E-state index in [0.717, 1.165) is 29.3 Å². The maximum Gasteiger partial charge on any atom is 0.416 e. The molecule has 4 aromatic carbocycles. The first-order chi connectivity index (χ1) is 27.1. The van der Waals surface area contributed by atoms with Crippen molar-refractivity contribution in [3.8, 4) is 52.1 Å². The summed E-state index contributed by atoms with van der Waals surface area (Å²) < 4.78 is 158. The highest BCUT2D eigenvalue weighted by Gasteiger charge is 2.62. The zero-order chi connectivity index (χ0) is 40.4. The number of nitriles is 1. The molecule has 5 aromatic rings. The van der Waals surface area contributed by atoms with Crippen molar-refractivity contribution in [3.63, 3.8) is 0 Å². The minimum Gasteiger partial charge on any atom is -0.489 e. The highest BCUT2D eigenvalue weighted by Crippen LogP contribution is 2.63. The molecule has 6 atom stereocenters. The third kappa shape index (κ3) is 7.46. The summed E-state index contributed by atoms with van der Waals surface area (Å²) >= 11 is 0. The molecule has 2 aliphatic carbocycles. The van der Waals surface area contributed by atoms with Gasteiger partial charge in [-0.2, -0.15) is 54.4 Å². The Morgan fingerprint density at radius 2 is 1.14 bits per heavy atom. The van der Waals surface area contributed by atoms with E-state index >= 15 is 0 Å². The van der Waals surface area contributed by atoms with Crippen molar-refractivity contribution in [2.24, 2.45) is 5.92 Å². The van der Waals surface area contributed by atoms with Gasteiger partial charge in [0.2, 0.25) is 0 Å². The number of aromatic amines is 1.